The Hall–Kier alpha value is -3.69. The molecule has 5 rings (SSSR count). The smallest absolute Gasteiger partial charge is 0.310 e. The number of esters is 1. The van der Waals surface area contributed by atoms with Gasteiger partial charge >= 0.3 is 5.97 Å². The van der Waals surface area contributed by atoms with E-state index in [1.54, 1.807) is 42.9 Å². The molecule has 0 N–H and O–H groups in total. The summed E-state index contributed by atoms with van der Waals surface area (Å²) in [5.41, 5.74) is 3.09. The van der Waals surface area contributed by atoms with Crippen LogP contribution in [0.1, 0.15) is 19.4 Å². The number of ether oxygens (including phenoxy) is 2. The Balaban J connectivity index is 1.53. The minimum absolute atomic E-state index is 0.00250. The van der Waals surface area contributed by atoms with E-state index in [1.807, 2.05) is 18.3 Å². The summed E-state index contributed by atoms with van der Waals surface area (Å²) in [6.45, 7) is 6.41. The van der Waals surface area contributed by atoms with Gasteiger partial charge in [0, 0.05) is 48.1 Å². The maximum Gasteiger partial charge on any atom is 0.310 e. The molecule has 0 aliphatic carbocycles. The van der Waals surface area contributed by atoms with Gasteiger partial charge in [0.2, 0.25) is 0 Å². The highest BCUT2D eigenvalue weighted by atomic mass is 35.5. The van der Waals surface area contributed by atoms with Crippen LogP contribution in [0.2, 0.25) is 5.02 Å². The number of aromatic nitrogens is 3. The van der Waals surface area contributed by atoms with E-state index in [2.05, 4.69) is 4.90 Å². The summed E-state index contributed by atoms with van der Waals surface area (Å²) in [6, 6.07) is 10.1. The van der Waals surface area contributed by atoms with Crippen molar-refractivity contribution >= 4 is 34.3 Å². The van der Waals surface area contributed by atoms with E-state index in [0.29, 0.717) is 30.0 Å². The highest BCUT2D eigenvalue weighted by molar-refractivity contribution is 6.30. The molecule has 1 aliphatic rings. The molecule has 1 aliphatic heterocycles. The standard InChI is InChI=1S/C28H28ClFN4O4/c1-18(2)28(36)38-17-34-16-23(22-13-21(14-31-27(22)34)32-8-10-37-11-9-32)19-6-7-33(25(35)12-19)15-20-4-3-5-24(29)26(20)30/h3-7,12-14,16,18H,8-11,15,17H2,1-2H3. The lowest BCUT2D eigenvalue weighted by Crippen LogP contribution is -2.36. The van der Waals surface area contributed by atoms with Crippen molar-refractivity contribution in [3.05, 3.63) is 81.7 Å². The van der Waals surface area contributed by atoms with E-state index in [0.717, 1.165) is 29.7 Å². The molecule has 1 aromatic carbocycles. The number of fused-ring (bicyclic) bond motifs is 1. The van der Waals surface area contributed by atoms with Gasteiger partial charge in [0.05, 0.1) is 42.6 Å². The Kier molecular flexibility index (Phi) is 7.49. The predicted molar refractivity (Wildman–Crippen MR) is 144 cm³/mol. The molecule has 0 spiro atoms. The zero-order valence-electron chi connectivity index (χ0n) is 21.2. The van der Waals surface area contributed by atoms with Crippen molar-refractivity contribution in [3.8, 4) is 11.1 Å². The van der Waals surface area contributed by atoms with E-state index in [9.17, 15) is 14.0 Å². The zero-order chi connectivity index (χ0) is 26.8. The van der Waals surface area contributed by atoms with Crippen LogP contribution in [0.15, 0.2) is 59.8 Å². The molecule has 0 unspecified atom stereocenters. The number of halogens is 2. The van der Waals surface area contributed by atoms with Crippen LogP contribution in [-0.2, 0) is 27.5 Å². The van der Waals surface area contributed by atoms with Crippen LogP contribution in [0.3, 0.4) is 0 Å². The van der Waals surface area contributed by atoms with Crippen LogP contribution in [0, 0.1) is 11.7 Å². The fourth-order valence-electron chi connectivity index (χ4n) is 4.44. The van der Waals surface area contributed by atoms with Crippen molar-refractivity contribution in [1.29, 1.82) is 0 Å². The first kappa shape index (κ1) is 25.9. The molecule has 10 heteroatoms. The van der Waals surface area contributed by atoms with Crippen molar-refractivity contribution in [2.24, 2.45) is 5.92 Å². The second-order valence-electron chi connectivity index (χ2n) is 9.52. The molecular formula is C28H28ClFN4O4. The van der Waals surface area contributed by atoms with Gasteiger partial charge in [-0.25, -0.2) is 9.37 Å². The number of morpholine rings is 1. The van der Waals surface area contributed by atoms with E-state index in [1.165, 1.54) is 16.7 Å². The lowest BCUT2D eigenvalue weighted by Gasteiger charge is -2.28. The van der Waals surface area contributed by atoms with Gasteiger partial charge < -0.3 is 18.9 Å². The first-order valence-corrected chi connectivity index (χ1v) is 12.8. The molecule has 0 amide bonds. The highest BCUT2D eigenvalue weighted by Crippen LogP contribution is 2.32. The van der Waals surface area contributed by atoms with Crippen molar-refractivity contribution in [1.82, 2.24) is 14.1 Å². The number of anilines is 1. The summed E-state index contributed by atoms with van der Waals surface area (Å²) in [5, 5.41) is 0.842. The van der Waals surface area contributed by atoms with Crippen LogP contribution in [0.25, 0.3) is 22.2 Å². The van der Waals surface area contributed by atoms with Gasteiger partial charge in [-0.2, -0.15) is 0 Å². The van der Waals surface area contributed by atoms with Crippen LogP contribution >= 0.6 is 11.6 Å². The summed E-state index contributed by atoms with van der Waals surface area (Å²) in [5.74, 6) is -1.10. The quantitative estimate of drug-likeness (QED) is 0.317. The summed E-state index contributed by atoms with van der Waals surface area (Å²) in [7, 11) is 0. The minimum Gasteiger partial charge on any atom is -0.444 e. The normalized spacial score (nSPS) is 13.9. The third kappa shape index (κ3) is 5.30. The fourth-order valence-corrected chi connectivity index (χ4v) is 4.64. The molecule has 1 saturated heterocycles. The highest BCUT2D eigenvalue weighted by Gasteiger charge is 2.18. The minimum atomic E-state index is -0.536. The van der Waals surface area contributed by atoms with Gasteiger partial charge in [0.1, 0.15) is 11.5 Å². The lowest BCUT2D eigenvalue weighted by molar-refractivity contribution is -0.151. The van der Waals surface area contributed by atoms with E-state index < -0.39 is 5.82 Å². The van der Waals surface area contributed by atoms with Gasteiger partial charge in [0.25, 0.3) is 5.56 Å². The predicted octanol–water partition coefficient (Wildman–Crippen LogP) is 4.70. The Labute approximate surface area is 224 Å². The Morgan fingerprint density at radius 2 is 1.97 bits per heavy atom. The summed E-state index contributed by atoms with van der Waals surface area (Å²) in [6.07, 6.45) is 5.28. The number of rotatable bonds is 7. The SMILES string of the molecule is CC(C)C(=O)OCn1cc(-c2ccn(Cc3cccc(Cl)c3F)c(=O)c2)c2cc(N3CCOCC3)cnc21. The molecule has 4 heterocycles. The Morgan fingerprint density at radius 1 is 1.18 bits per heavy atom. The second kappa shape index (κ2) is 11.0. The molecule has 8 nitrogen and oxygen atoms in total. The number of hydrogen-bond acceptors (Lipinski definition) is 6. The van der Waals surface area contributed by atoms with Crippen LogP contribution in [-0.4, -0.2) is 46.4 Å². The first-order chi connectivity index (χ1) is 18.3. The Bertz CT molecular complexity index is 1540. The molecule has 1 fully saturated rings. The fraction of sp³-hybridized carbons (Fsp3) is 0.321. The van der Waals surface area contributed by atoms with Gasteiger partial charge in [-0.15, -0.1) is 0 Å². The van der Waals surface area contributed by atoms with Crippen molar-refractivity contribution in [2.45, 2.75) is 27.1 Å². The molecule has 0 saturated carbocycles. The second-order valence-corrected chi connectivity index (χ2v) is 9.93. The summed E-state index contributed by atoms with van der Waals surface area (Å²) >= 11 is 5.90. The van der Waals surface area contributed by atoms with Crippen LogP contribution < -0.4 is 10.5 Å². The molecule has 198 valence electrons. The third-order valence-electron chi connectivity index (χ3n) is 6.57. The molecule has 0 radical (unpaired) electrons. The largest absolute Gasteiger partial charge is 0.444 e. The van der Waals surface area contributed by atoms with Crippen LogP contribution in [0.4, 0.5) is 10.1 Å². The monoisotopic (exact) mass is 538 g/mol. The molecular weight excluding hydrogens is 511 g/mol. The summed E-state index contributed by atoms with van der Waals surface area (Å²) in [4.78, 5) is 32.1. The topological polar surface area (TPSA) is 78.6 Å². The molecule has 3 aromatic heterocycles. The van der Waals surface area contributed by atoms with E-state index >= 15 is 0 Å². The maximum atomic E-state index is 14.4. The van der Waals surface area contributed by atoms with Crippen molar-refractivity contribution in [2.75, 3.05) is 31.2 Å². The number of carbonyl (C=O) groups is 1. The van der Waals surface area contributed by atoms with Gasteiger partial charge in [-0.3, -0.25) is 14.2 Å². The molecule has 0 atom stereocenters. The number of benzene rings is 1. The number of hydrogen-bond donors (Lipinski definition) is 0. The molecule has 4 aromatic rings. The van der Waals surface area contributed by atoms with Crippen molar-refractivity contribution in [3.63, 3.8) is 0 Å². The molecule has 0 bridgehead atoms. The third-order valence-corrected chi connectivity index (χ3v) is 6.86. The summed E-state index contributed by atoms with van der Waals surface area (Å²) < 4.78 is 28.5. The van der Waals surface area contributed by atoms with Crippen LogP contribution in [0.5, 0.6) is 0 Å². The average Bonchev–Trinajstić information content (AvgIpc) is 3.29. The number of carbonyl (C=O) groups excluding carboxylic acids is 1. The van der Waals surface area contributed by atoms with Crippen molar-refractivity contribution < 1.29 is 18.7 Å². The molecule has 38 heavy (non-hydrogen) atoms. The van der Waals surface area contributed by atoms with Gasteiger partial charge in [0.15, 0.2) is 6.73 Å². The van der Waals surface area contributed by atoms with Gasteiger partial charge in [-0.1, -0.05) is 37.6 Å². The van der Waals surface area contributed by atoms with Gasteiger partial charge in [-0.05, 0) is 23.8 Å². The number of pyridine rings is 2. The zero-order valence-corrected chi connectivity index (χ0v) is 21.9. The first-order valence-electron chi connectivity index (χ1n) is 12.4. The maximum absolute atomic E-state index is 14.4. The Morgan fingerprint density at radius 3 is 2.71 bits per heavy atom. The number of nitrogens with zero attached hydrogens (tertiary/aromatic N) is 4. The van der Waals surface area contributed by atoms with E-state index in [-0.39, 0.29) is 35.7 Å². The lowest BCUT2D eigenvalue weighted by atomic mass is 10.1. The van der Waals surface area contributed by atoms with E-state index in [4.69, 9.17) is 26.1 Å². The average molecular weight is 539 g/mol.